The molecular formula is C13H14N2O2. The van der Waals surface area contributed by atoms with Gasteiger partial charge in [-0.05, 0) is 31.6 Å². The zero-order chi connectivity index (χ0) is 12.4. The molecule has 0 aliphatic rings. The molecule has 0 unspecified atom stereocenters. The Balaban J connectivity index is 2.59. The second-order valence-corrected chi connectivity index (χ2v) is 3.89. The van der Waals surface area contributed by atoms with Crippen molar-refractivity contribution in [2.45, 2.75) is 20.3 Å². The second-order valence-electron chi connectivity index (χ2n) is 3.89. The third-order valence-corrected chi connectivity index (χ3v) is 2.62. The van der Waals surface area contributed by atoms with E-state index in [2.05, 4.69) is 4.98 Å². The summed E-state index contributed by atoms with van der Waals surface area (Å²) >= 11 is 0. The molecule has 2 aromatic heterocycles. The van der Waals surface area contributed by atoms with Crippen LogP contribution in [0.5, 0.6) is 0 Å². The Hall–Kier alpha value is -2.10. The highest BCUT2D eigenvalue weighted by Gasteiger charge is 2.06. The molecule has 1 N–H and O–H groups in total. The molecule has 0 saturated carbocycles. The quantitative estimate of drug-likeness (QED) is 0.824. The number of aromatic nitrogens is 2. The summed E-state index contributed by atoms with van der Waals surface area (Å²) in [6.45, 7) is 3.75. The maximum absolute atomic E-state index is 11.0. The van der Waals surface area contributed by atoms with E-state index in [1.807, 2.05) is 42.6 Å². The van der Waals surface area contributed by atoms with Crippen LogP contribution < -0.4 is 0 Å². The molecule has 0 radical (unpaired) electrons. The summed E-state index contributed by atoms with van der Waals surface area (Å²) in [5.41, 5.74) is 2.97. The van der Waals surface area contributed by atoms with Crippen molar-refractivity contribution in [3.05, 3.63) is 41.4 Å². The van der Waals surface area contributed by atoms with Crippen molar-refractivity contribution in [1.82, 2.24) is 9.38 Å². The Kier molecular flexibility index (Phi) is 2.95. The van der Waals surface area contributed by atoms with Gasteiger partial charge in [-0.1, -0.05) is 13.0 Å². The molecular weight excluding hydrogens is 216 g/mol. The first-order chi connectivity index (χ1) is 8.11. The monoisotopic (exact) mass is 230 g/mol. The van der Waals surface area contributed by atoms with Gasteiger partial charge in [-0.2, -0.15) is 0 Å². The highest BCUT2D eigenvalue weighted by molar-refractivity contribution is 5.91. The van der Waals surface area contributed by atoms with Gasteiger partial charge in [0.15, 0.2) is 0 Å². The van der Waals surface area contributed by atoms with Gasteiger partial charge in [-0.3, -0.25) is 0 Å². The van der Waals surface area contributed by atoms with E-state index in [1.165, 1.54) is 0 Å². The first-order valence-electron chi connectivity index (χ1n) is 5.50. The summed E-state index contributed by atoms with van der Waals surface area (Å²) in [7, 11) is 0. The fourth-order valence-corrected chi connectivity index (χ4v) is 1.77. The molecule has 17 heavy (non-hydrogen) atoms. The topological polar surface area (TPSA) is 54.6 Å². The predicted octanol–water partition coefficient (Wildman–Crippen LogP) is 2.52. The molecule has 0 aliphatic heterocycles. The van der Waals surface area contributed by atoms with E-state index in [0.29, 0.717) is 12.0 Å². The van der Waals surface area contributed by atoms with Gasteiger partial charge < -0.3 is 9.51 Å². The Bertz CT molecular complexity index is 596. The van der Waals surface area contributed by atoms with Crippen LogP contribution in [0.25, 0.3) is 11.7 Å². The molecule has 0 atom stereocenters. The zero-order valence-electron chi connectivity index (χ0n) is 9.84. The average Bonchev–Trinajstić information content (AvgIpc) is 2.66. The first-order valence-corrected chi connectivity index (χ1v) is 5.50. The van der Waals surface area contributed by atoms with Crippen LogP contribution >= 0.6 is 0 Å². The Morgan fingerprint density at radius 2 is 2.29 bits per heavy atom. The van der Waals surface area contributed by atoms with Crippen molar-refractivity contribution < 1.29 is 9.90 Å². The number of hydrogen-bond donors (Lipinski definition) is 1. The molecule has 0 saturated heterocycles. The number of nitrogens with zero attached hydrogens (tertiary/aromatic N) is 2. The fraction of sp³-hybridized carbons (Fsp3) is 0.231. The van der Waals surface area contributed by atoms with Crippen LogP contribution in [0, 0.1) is 6.92 Å². The van der Waals surface area contributed by atoms with E-state index in [9.17, 15) is 4.79 Å². The smallest absolute Gasteiger partial charge is 0.331 e. The molecule has 0 aromatic carbocycles. The van der Waals surface area contributed by atoms with Gasteiger partial charge in [0.25, 0.3) is 0 Å². The summed E-state index contributed by atoms with van der Waals surface area (Å²) in [4.78, 5) is 15.3. The lowest BCUT2D eigenvalue weighted by Crippen LogP contribution is -2.00. The van der Waals surface area contributed by atoms with Crippen LogP contribution in [-0.4, -0.2) is 20.5 Å². The van der Waals surface area contributed by atoms with E-state index in [4.69, 9.17) is 5.11 Å². The molecule has 0 aliphatic carbocycles. The summed E-state index contributed by atoms with van der Waals surface area (Å²) in [5.74, 6) is -0.874. The third kappa shape index (κ3) is 2.20. The maximum atomic E-state index is 11.0. The lowest BCUT2D eigenvalue weighted by molar-refractivity contribution is -0.132. The Labute approximate surface area is 99.2 Å². The molecule has 2 rings (SSSR count). The van der Waals surface area contributed by atoms with Crippen LogP contribution in [0.15, 0.2) is 30.0 Å². The minimum Gasteiger partial charge on any atom is -0.478 e. The molecule has 0 spiro atoms. The largest absolute Gasteiger partial charge is 0.478 e. The van der Waals surface area contributed by atoms with Crippen molar-refractivity contribution in [3.8, 4) is 0 Å². The molecule has 4 heteroatoms. The number of pyridine rings is 1. The van der Waals surface area contributed by atoms with Crippen LogP contribution in [0.3, 0.4) is 0 Å². The van der Waals surface area contributed by atoms with E-state index in [-0.39, 0.29) is 0 Å². The summed E-state index contributed by atoms with van der Waals surface area (Å²) in [6.07, 6.45) is 4.09. The summed E-state index contributed by atoms with van der Waals surface area (Å²) in [5, 5.41) is 9.02. The number of fused-ring (bicyclic) bond motifs is 1. The van der Waals surface area contributed by atoms with Crippen LogP contribution in [0.4, 0.5) is 0 Å². The van der Waals surface area contributed by atoms with Crippen molar-refractivity contribution in [1.29, 1.82) is 0 Å². The number of carbonyl (C=O) groups is 1. The van der Waals surface area contributed by atoms with Gasteiger partial charge >= 0.3 is 5.97 Å². The standard InChI is InChI=1S/C13H14N2O2/c1-3-10(13(16)17)7-11-5-4-6-12-14-9(2)8-15(11)12/h4-8H,3H2,1-2H3,(H,16,17). The van der Waals surface area contributed by atoms with Crippen molar-refractivity contribution in [3.63, 3.8) is 0 Å². The maximum Gasteiger partial charge on any atom is 0.331 e. The Morgan fingerprint density at radius 1 is 1.53 bits per heavy atom. The van der Waals surface area contributed by atoms with Crippen LogP contribution in [0.2, 0.25) is 0 Å². The summed E-state index contributed by atoms with van der Waals surface area (Å²) < 4.78 is 1.90. The molecule has 2 aromatic rings. The lowest BCUT2D eigenvalue weighted by Gasteiger charge is -2.02. The van der Waals surface area contributed by atoms with Crippen molar-refractivity contribution in [2.75, 3.05) is 0 Å². The molecule has 0 bridgehead atoms. The third-order valence-electron chi connectivity index (χ3n) is 2.62. The van der Waals surface area contributed by atoms with Gasteiger partial charge in [0.2, 0.25) is 0 Å². The minimum atomic E-state index is -0.874. The highest BCUT2D eigenvalue weighted by atomic mass is 16.4. The average molecular weight is 230 g/mol. The molecule has 0 amide bonds. The number of hydrogen-bond acceptors (Lipinski definition) is 2. The van der Waals surface area contributed by atoms with Crippen molar-refractivity contribution >= 4 is 17.7 Å². The van der Waals surface area contributed by atoms with E-state index in [0.717, 1.165) is 17.0 Å². The van der Waals surface area contributed by atoms with Gasteiger partial charge in [-0.25, -0.2) is 9.78 Å². The van der Waals surface area contributed by atoms with Crippen molar-refractivity contribution in [2.24, 2.45) is 0 Å². The van der Waals surface area contributed by atoms with E-state index in [1.54, 1.807) is 6.08 Å². The van der Waals surface area contributed by atoms with E-state index >= 15 is 0 Å². The number of aryl methyl sites for hydroxylation is 1. The molecule has 4 nitrogen and oxygen atoms in total. The minimum absolute atomic E-state index is 0.392. The zero-order valence-corrected chi connectivity index (χ0v) is 9.84. The Morgan fingerprint density at radius 3 is 2.94 bits per heavy atom. The fourth-order valence-electron chi connectivity index (χ4n) is 1.77. The normalized spacial score (nSPS) is 12.0. The lowest BCUT2D eigenvalue weighted by atomic mass is 10.1. The number of carboxylic acid groups (broad SMARTS) is 1. The van der Waals surface area contributed by atoms with Gasteiger partial charge in [0.1, 0.15) is 5.65 Å². The number of imidazole rings is 1. The number of carboxylic acids is 1. The van der Waals surface area contributed by atoms with Gasteiger partial charge in [-0.15, -0.1) is 0 Å². The van der Waals surface area contributed by atoms with Crippen LogP contribution in [-0.2, 0) is 4.79 Å². The predicted molar refractivity (Wildman–Crippen MR) is 65.8 cm³/mol. The highest BCUT2D eigenvalue weighted by Crippen LogP contribution is 2.13. The SMILES string of the molecule is CCC(=Cc1cccc2nc(C)cn12)C(=O)O. The van der Waals surface area contributed by atoms with Gasteiger partial charge in [0, 0.05) is 17.5 Å². The summed E-state index contributed by atoms with van der Waals surface area (Å²) in [6, 6.07) is 5.66. The first kappa shape index (κ1) is 11.4. The number of rotatable bonds is 3. The van der Waals surface area contributed by atoms with Crippen LogP contribution in [0.1, 0.15) is 24.7 Å². The molecule has 88 valence electrons. The van der Waals surface area contributed by atoms with E-state index < -0.39 is 5.97 Å². The van der Waals surface area contributed by atoms with Gasteiger partial charge in [0.05, 0.1) is 5.69 Å². The molecule has 2 heterocycles. The second kappa shape index (κ2) is 4.41. The molecule has 0 fully saturated rings. The number of aliphatic carboxylic acids is 1.